The molecule has 1 aromatic carbocycles. The second-order valence-corrected chi connectivity index (χ2v) is 3.94. The van der Waals surface area contributed by atoms with Gasteiger partial charge in [-0.2, -0.15) is 0 Å². The Morgan fingerprint density at radius 3 is 2.47 bits per heavy atom. The summed E-state index contributed by atoms with van der Waals surface area (Å²) in [5, 5.41) is 0. The first-order chi connectivity index (χ1) is 9.15. The predicted molar refractivity (Wildman–Crippen MR) is 69.7 cm³/mol. The summed E-state index contributed by atoms with van der Waals surface area (Å²) in [7, 11) is 3.06. The van der Waals surface area contributed by atoms with Crippen LogP contribution < -0.4 is 9.47 Å². The van der Waals surface area contributed by atoms with Crippen molar-refractivity contribution in [2.75, 3.05) is 14.2 Å². The normalized spacial score (nSPS) is 10.1. The fourth-order valence-corrected chi connectivity index (χ4v) is 1.64. The van der Waals surface area contributed by atoms with Gasteiger partial charge in [-0.05, 0) is 25.1 Å². The van der Waals surface area contributed by atoms with Crippen molar-refractivity contribution in [3.63, 3.8) is 0 Å². The summed E-state index contributed by atoms with van der Waals surface area (Å²) >= 11 is 0. The molecule has 0 spiro atoms. The van der Waals surface area contributed by atoms with Crippen LogP contribution in [-0.2, 0) is 0 Å². The second kappa shape index (κ2) is 5.48. The highest BCUT2D eigenvalue weighted by molar-refractivity contribution is 6.09. The molecule has 19 heavy (non-hydrogen) atoms. The maximum atomic E-state index is 12.4. The Labute approximate surface area is 111 Å². The van der Waals surface area contributed by atoms with Crippen molar-refractivity contribution >= 4 is 5.78 Å². The Balaban J connectivity index is 2.44. The molecular formula is C14H14N2O3. The van der Waals surface area contributed by atoms with Crippen LogP contribution in [0.4, 0.5) is 0 Å². The molecular weight excluding hydrogens is 244 g/mol. The maximum Gasteiger partial charge on any atom is 0.216 e. The highest BCUT2D eigenvalue weighted by Gasteiger charge is 2.17. The van der Waals surface area contributed by atoms with E-state index in [0.29, 0.717) is 17.1 Å². The zero-order valence-electron chi connectivity index (χ0n) is 11.0. The maximum absolute atomic E-state index is 12.4. The first-order valence-corrected chi connectivity index (χ1v) is 5.71. The number of ether oxygens (including phenoxy) is 2. The van der Waals surface area contributed by atoms with Crippen molar-refractivity contribution < 1.29 is 14.3 Å². The average molecular weight is 258 g/mol. The number of hydrogen-bond donors (Lipinski definition) is 0. The number of hydrogen-bond acceptors (Lipinski definition) is 5. The van der Waals surface area contributed by atoms with Gasteiger partial charge in [-0.15, -0.1) is 0 Å². The van der Waals surface area contributed by atoms with Crippen LogP contribution >= 0.6 is 0 Å². The van der Waals surface area contributed by atoms with Crippen LogP contribution in [0.1, 0.15) is 21.7 Å². The van der Waals surface area contributed by atoms with Crippen LogP contribution in [0, 0.1) is 6.92 Å². The third kappa shape index (κ3) is 2.70. The smallest absolute Gasteiger partial charge is 0.216 e. The fourth-order valence-electron chi connectivity index (χ4n) is 1.64. The fraction of sp³-hybridized carbons (Fsp3) is 0.214. The average Bonchev–Trinajstić information content (AvgIpc) is 2.46. The van der Waals surface area contributed by atoms with Crippen LogP contribution in [-0.4, -0.2) is 30.0 Å². The number of carbonyl (C=O) groups is 1. The van der Waals surface area contributed by atoms with E-state index in [4.69, 9.17) is 9.47 Å². The number of rotatable bonds is 4. The van der Waals surface area contributed by atoms with Gasteiger partial charge in [0.15, 0.2) is 0 Å². The third-order valence-corrected chi connectivity index (χ3v) is 2.66. The van der Waals surface area contributed by atoms with Crippen molar-refractivity contribution in [2.45, 2.75) is 6.92 Å². The number of aryl methyl sites for hydroxylation is 1. The topological polar surface area (TPSA) is 61.3 Å². The van der Waals surface area contributed by atoms with Crippen molar-refractivity contribution in [1.29, 1.82) is 0 Å². The van der Waals surface area contributed by atoms with E-state index in [0.717, 1.165) is 5.69 Å². The van der Waals surface area contributed by atoms with Gasteiger partial charge in [0.25, 0.3) is 0 Å². The predicted octanol–water partition coefficient (Wildman–Crippen LogP) is 2.03. The van der Waals surface area contributed by atoms with Gasteiger partial charge in [-0.1, -0.05) is 0 Å². The van der Waals surface area contributed by atoms with Gasteiger partial charge in [0.1, 0.15) is 17.2 Å². The minimum absolute atomic E-state index is 0.247. The van der Waals surface area contributed by atoms with E-state index in [2.05, 4.69) is 9.97 Å². The largest absolute Gasteiger partial charge is 0.497 e. The molecule has 5 nitrogen and oxygen atoms in total. The molecule has 0 fully saturated rings. The Kier molecular flexibility index (Phi) is 3.75. The monoisotopic (exact) mass is 258 g/mol. The zero-order chi connectivity index (χ0) is 13.8. The molecule has 0 saturated heterocycles. The number of benzene rings is 1. The lowest BCUT2D eigenvalue weighted by Gasteiger charge is -2.09. The molecule has 0 N–H and O–H groups in total. The van der Waals surface area contributed by atoms with Gasteiger partial charge in [0, 0.05) is 6.20 Å². The Morgan fingerprint density at radius 2 is 1.89 bits per heavy atom. The summed E-state index contributed by atoms with van der Waals surface area (Å²) in [6, 6.07) is 5.05. The number of methoxy groups -OCH3 is 2. The lowest BCUT2D eigenvalue weighted by Crippen LogP contribution is -2.07. The molecule has 5 heteroatoms. The van der Waals surface area contributed by atoms with E-state index in [1.54, 1.807) is 31.5 Å². The Bertz CT molecular complexity index is 594. The van der Waals surface area contributed by atoms with Gasteiger partial charge >= 0.3 is 0 Å². The molecule has 1 heterocycles. The minimum atomic E-state index is -0.247. The molecule has 0 aliphatic carbocycles. The van der Waals surface area contributed by atoms with Gasteiger partial charge in [0.2, 0.25) is 5.78 Å². The van der Waals surface area contributed by atoms with Gasteiger partial charge < -0.3 is 9.47 Å². The first-order valence-electron chi connectivity index (χ1n) is 5.71. The Hall–Kier alpha value is -2.43. The minimum Gasteiger partial charge on any atom is -0.497 e. The van der Waals surface area contributed by atoms with Gasteiger partial charge in [-0.3, -0.25) is 9.78 Å². The quantitative estimate of drug-likeness (QED) is 0.785. The van der Waals surface area contributed by atoms with Crippen molar-refractivity contribution in [2.24, 2.45) is 0 Å². The highest BCUT2D eigenvalue weighted by Crippen LogP contribution is 2.25. The van der Waals surface area contributed by atoms with Crippen LogP contribution in [0.3, 0.4) is 0 Å². The summed E-state index contributed by atoms with van der Waals surface area (Å²) < 4.78 is 10.3. The van der Waals surface area contributed by atoms with E-state index in [-0.39, 0.29) is 11.5 Å². The molecule has 0 radical (unpaired) electrons. The lowest BCUT2D eigenvalue weighted by atomic mass is 10.1. The number of nitrogens with zero attached hydrogens (tertiary/aromatic N) is 2. The van der Waals surface area contributed by atoms with Crippen molar-refractivity contribution in [3.8, 4) is 11.5 Å². The van der Waals surface area contributed by atoms with E-state index in [1.165, 1.54) is 13.3 Å². The molecule has 1 aromatic heterocycles. The van der Waals surface area contributed by atoms with Crippen LogP contribution in [0.2, 0.25) is 0 Å². The molecule has 98 valence electrons. The summed E-state index contributed by atoms with van der Waals surface area (Å²) in [6.45, 7) is 1.81. The molecule has 0 saturated carbocycles. The standard InChI is InChI=1S/C14H14N2O3/c1-9-7-16-12(8-15-9)14(17)11-6-10(18-2)4-5-13(11)19-3/h4-8H,1-3H3. The first kappa shape index (κ1) is 13.0. The SMILES string of the molecule is COc1ccc(OC)c(C(=O)c2cnc(C)cn2)c1. The molecule has 0 atom stereocenters. The summed E-state index contributed by atoms with van der Waals surface area (Å²) in [5.41, 5.74) is 1.44. The van der Waals surface area contributed by atoms with Crippen LogP contribution in [0.15, 0.2) is 30.6 Å². The van der Waals surface area contributed by atoms with E-state index < -0.39 is 0 Å². The van der Waals surface area contributed by atoms with E-state index >= 15 is 0 Å². The van der Waals surface area contributed by atoms with Gasteiger partial charge in [-0.25, -0.2) is 4.98 Å². The molecule has 0 aliphatic heterocycles. The summed E-state index contributed by atoms with van der Waals surface area (Å²) in [6.07, 6.45) is 3.01. The van der Waals surface area contributed by atoms with Crippen LogP contribution in [0.5, 0.6) is 11.5 Å². The van der Waals surface area contributed by atoms with Crippen LogP contribution in [0.25, 0.3) is 0 Å². The van der Waals surface area contributed by atoms with E-state index in [1.807, 2.05) is 6.92 Å². The molecule has 0 aliphatic rings. The molecule has 2 rings (SSSR count). The summed E-state index contributed by atoms with van der Waals surface area (Å²) in [4.78, 5) is 20.5. The van der Waals surface area contributed by atoms with E-state index in [9.17, 15) is 4.79 Å². The highest BCUT2D eigenvalue weighted by atomic mass is 16.5. The second-order valence-electron chi connectivity index (χ2n) is 3.94. The molecule has 0 amide bonds. The van der Waals surface area contributed by atoms with Gasteiger partial charge in [0.05, 0.1) is 31.7 Å². The van der Waals surface area contributed by atoms with Crippen molar-refractivity contribution in [1.82, 2.24) is 9.97 Å². The molecule has 0 bridgehead atoms. The lowest BCUT2D eigenvalue weighted by molar-refractivity contribution is 0.103. The zero-order valence-corrected chi connectivity index (χ0v) is 11.0. The number of carbonyl (C=O) groups excluding carboxylic acids is 1. The number of aromatic nitrogens is 2. The molecule has 2 aromatic rings. The Morgan fingerprint density at radius 1 is 1.11 bits per heavy atom. The van der Waals surface area contributed by atoms with Crippen molar-refractivity contribution in [3.05, 3.63) is 47.5 Å². The number of ketones is 1. The third-order valence-electron chi connectivity index (χ3n) is 2.66. The molecule has 0 unspecified atom stereocenters. The summed E-state index contributed by atoms with van der Waals surface area (Å²) in [5.74, 6) is 0.820.